The van der Waals surface area contributed by atoms with Gasteiger partial charge in [-0.25, -0.2) is 0 Å². The molecule has 0 bridgehead atoms. The maximum Gasteiger partial charge on any atom is 0.309 e. The third-order valence-corrected chi connectivity index (χ3v) is 4.62. The fourth-order valence-corrected chi connectivity index (χ4v) is 3.83. The summed E-state index contributed by atoms with van der Waals surface area (Å²) in [6, 6.07) is 7.59. The van der Waals surface area contributed by atoms with Crippen molar-refractivity contribution in [2.45, 2.75) is 36.7 Å². The minimum Gasteiger partial charge on any atom is -0.481 e. The summed E-state index contributed by atoms with van der Waals surface area (Å²) in [6.45, 7) is 1.95. The first-order valence-electron chi connectivity index (χ1n) is 6.27. The van der Waals surface area contributed by atoms with Gasteiger partial charge in [0.25, 0.3) is 0 Å². The Morgan fingerprint density at radius 2 is 2.22 bits per heavy atom. The van der Waals surface area contributed by atoms with Crippen molar-refractivity contribution in [2.24, 2.45) is 5.92 Å². The Morgan fingerprint density at radius 1 is 1.50 bits per heavy atom. The normalized spacial score (nSPS) is 24.3. The average molecular weight is 266 g/mol. The first kappa shape index (κ1) is 13.4. The molecule has 18 heavy (non-hydrogen) atoms. The standard InChI is InChI=1S/C14H18O3S/c1-2-5-11(13(15)16)14(17)8-9-18-12-7-4-3-6-10(12)14/h3-4,6-7,11,17H,2,5,8-9H2,1H3,(H,15,16). The second-order valence-corrected chi connectivity index (χ2v) is 5.84. The molecule has 0 saturated carbocycles. The zero-order chi connectivity index (χ0) is 13.2. The third-order valence-electron chi connectivity index (χ3n) is 3.55. The van der Waals surface area contributed by atoms with Crippen LogP contribution in [-0.2, 0) is 10.4 Å². The summed E-state index contributed by atoms with van der Waals surface area (Å²) in [4.78, 5) is 12.4. The topological polar surface area (TPSA) is 57.5 Å². The summed E-state index contributed by atoms with van der Waals surface area (Å²) in [5.41, 5.74) is -0.439. The predicted octanol–water partition coefficient (Wildman–Crippen LogP) is 2.87. The van der Waals surface area contributed by atoms with Crippen molar-refractivity contribution >= 4 is 17.7 Å². The molecule has 0 aromatic heterocycles. The van der Waals surface area contributed by atoms with Gasteiger partial charge in [-0.15, -0.1) is 11.8 Å². The third kappa shape index (κ3) is 2.27. The summed E-state index contributed by atoms with van der Waals surface area (Å²) < 4.78 is 0. The molecule has 3 nitrogen and oxygen atoms in total. The molecule has 1 aromatic rings. The molecule has 0 saturated heterocycles. The van der Waals surface area contributed by atoms with Crippen molar-refractivity contribution in [3.8, 4) is 0 Å². The van der Waals surface area contributed by atoms with Gasteiger partial charge in [-0.3, -0.25) is 4.79 Å². The number of thioether (sulfide) groups is 1. The monoisotopic (exact) mass is 266 g/mol. The van der Waals surface area contributed by atoms with Crippen molar-refractivity contribution in [1.82, 2.24) is 0 Å². The van der Waals surface area contributed by atoms with Gasteiger partial charge < -0.3 is 10.2 Å². The molecular formula is C14H18O3S. The number of hydrogen-bond donors (Lipinski definition) is 2. The number of rotatable bonds is 4. The van der Waals surface area contributed by atoms with Crippen molar-refractivity contribution in [2.75, 3.05) is 5.75 Å². The number of aliphatic hydroxyl groups is 1. The summed E-state index contributed by atoms with van der Waals surface area (Å²) in [7, 11) is 0. The fourth-order valence-electron chi connectivity index (χ4n) is 2.62. The van der Waals surface area contributed by atoms with E-state index in [2.05, 4.69) is 0 Å². The maximum atomic E-state index is 11.4. The van der Waals surface area contributed by atoms with Crippen molar-refractivity contribution in [1.29, 1.82) is 0 Å². The van der Waals surface area contributed by atoms with Gasteiger partial charge in [0.05, 0.1) is 5.92 Å². The minimum atomic E-state index is -1.22. The molecule has 1 aliphatic rings. The van der Waals surface area contributed by atoms with Gasteiger partial charge in [0.1, 0.15) is 5.60 Å². The zero-order valence-electron chi connectivity index (χ0n) is 10.4. The van der Waals surface area contributed by atoms with Crippen molar-refractivity contribution < 1.29 is 15.0 Å². The van der Waals surface area contributed by atoms with E-state index < -0.39 is 17.5 Å². The van der Waals surface area contributed by atoms with E-state index in [-0.39, 0.29) is 0 Å². The quantitative estimate of drug-likeness (QED) is 0.880. The second kappa shape index (κ2) is 5.33. The molecule has 2 rings (SSSR count). The highest BCUT2D eigenvalue weighted by Crippen LogP contribution is 2.45. The van der Waals surface area contributed by atoms with Crippen LogP contribution in [0.5, 0.6) is 0 Å². The molecule has 0 radical (unpaired) electrons. The molecule has 1 heterocycles. The van der Waals surface area contributed by atoms with Gasteiger partial charge in [0.15, 0.2) is 0 Å². The van der Waals surface area contributed by atoms with Gasteiger partial charge in [0, 0.05) is 10.6 Å². The van der Waals surface area contributed by atoms with E-state index in [1.54, 1.807) is 11.8 Å². The number of benzene rings is 1. The van der Waals surface area contributed by atoms with Crippen LogP contribution in [0, 0.1) is 5.92 Å². The molecule has 0 fully saturated rings. The molecule has 2 atom stereocenters. The smallest absolute Gasteiger partial charge is 0.309 e. The molecule has 4 heteroatoms. The minimum absolute atomic E-state index is 0.505. The average Bonchev–Trinajstić information content (AvgIpc) is 2.36. The van der Waals surface area contributed by atoms with Gasteiger partial charge in [-0.2, -0.15) is 0 Å². The van der Waals surface area contributed by atoms with Crippen LogP contribution in [0.4, 0.5) is 0 Å². The lowest BCUT2D eigenvalue weighted by molar-refractivity contribution is -0.154. The summed E-state index contributed by atoms with van der Waals surface area (Å²) in [5, 5.41) is 20.3. The van der Waals surface area contributed by atoms with Gasteiger partial charge >= 0.3 is 5.97 Å². The number of hydrogen-bond acceptors (Lipinski definition) is 3. The molecular weight excluding hydrogens is 248 g/mol. The number of carboxylic acid groups (broad SMARTS) is 1. The Balaban J connectivity index is 2.44. The van der Waals surface area contributed by atoms with E-state index in [1.807, 2.05) is 31.2 Å². The Kier molecular flexibility index (Phi) is 3.97. The predicted molar refractivity (Wildman–Crippen MR) is 71.7 cm³/mol. The van der Waals surface area contributed by atoms with Crippen LogP contribution in [0.2, 0.25) is 0 Å². The van der Waals surface area contributed by atoms with E-state index in [0.717, 1.165) is 22.6 Å². The lowest BCUT2D eigenvalue weighted by Crippen LogP contribution is -2.42. The summed E-state index contributed by atoms with van der Waals surface area (Å²) in [5.74, 6) is -0.855. The van der Waals surface area contributed by atoms with Crippen LogP contribution in [-0.4, -0.2) is 21.9 Å². The molecule has 0 amide bonds. The number of carboxylic acids is 1. The molecule has 1 aliphatic heterocycles. The highest BCUT2D eigenvalue weighted by molar-refractivity contribution is 7.99. The number of aliphatic carboxylic acids is 1. The van der Waals surface area contributed by atoms with Gasteiger partial charge in [-0.05, 0) is 24.5 Å². The molecule has 0 aliphatic carbocycles. The zero-order valence-corrected chi connectivity index (χ0v) is 11.2. The van der Waals surface area contributed by atoms with Gasteiger partial charge in [-0.1, -0.05) is 31.5 Å². The van der Waals surface area contributed by atoms with E-state index in [9.17, 15) is 15.0 Å². The Morgan fingerprint density at radius 3 is 2.89 bits per heavy atom. The Bertz CT molecular complexity index is 446. The molecule has 0 spiro atoms. The van der Waals surface area contributed by atoms with Crippen LogP contribution in [0.25, 0.3) is 0 Å². The summed E-state index contributed by atoms with van der Waals surface area (Å²) >= 11 is 1.69. The van der Waals surface area contributed by atoms with E-state index in [0.29, 0.717) is 12.8 Å². The maximum absolute atomic E-state index is 11.4. The summed E-state index contributed by atoms with van der Waals surface area (Å²) in [6.07, 6.45) is 1.77. The van der Waals surface area contributed by atoms with Crippen LogP contribution >= 0.6 is 11.8 Å². The molecule has 1 aromatic carbocycles. The van der Waals surface area contributed by atoms with E-state index in [4.69, 9.17) is 0 Å². The Hall–Kier alpha value is -1.00. The largest absolute Gasteiger partial charge is 0.481 e. The van der Waals surface area contributed by atoms with Crippen molar-refractivity contribution in [3.05, 3.63) is 29.8 Å². The van der Waals surface area contributed by atoms with Crippen LogP contribution in [0.3, 0.4) is 0 Å². The van der Waals surface area contributed by atoms with Crippen LogP contribution < -0.4 is 0 Å². The van der Waals surface area contributed by atoms with E-state index in [1.165, 1.54) is 0 Å². The Labute approximate surface area is 111 Å². The molecule has 2 unspecified atom stereocenters. The van der Waals surface area contributed by atoms with Gasteiger partial charge in [0.2, 0.25) is 0 Å². The van der Waals surface area contributed by atoms with E-state index >= 15 is 0 Å². The van der Waals surface area contributed by atoms with Crippen molar-refractivity contribution in [3.63, 3.8) is 0 Å². The first-order valence-corrected chi connectivity index (χ1v) is 7.25. The highest BCUT2D eigenvalue weighted by atomic mass is 32.2. The second-order valence-electron chi connectivity index (χ2n) is 4.70. The molecule has 98 valence electrons. The van der Waals surface area contributed by atoms with Crippen LogP contribution in [0.15, 0.2) is 29.2 Å². The molecule has 2 N–H and O–H groups in total. The fraction of sp³-hybridized carbons (Fsp3) is 0.500. The first-order chi connectivity index (χ1) is 8.59. The number of carbonyl (C=O) groups is 1. The lowest BCUT2D eigenvalue weighted by Gasteiger charge is -2.38. The number of fused-ring (bicyclic) bond motifs is 1. The SMILES string of the molecule is CCCC(C(=O)O)C1(O)CCSc2ccccc21. The van der Waals surface area contributed by atoms with Crippen LogP contribution in [0.1, 0.15) is 31.7 Å². The lowest BCUT2D eigenvalue weighted by atomic mass is 9.76. The highest BCUT2D eigenvalue weighted by Gasteiger charge is 2.45.